The summed E-state index contributed by atoms with van der Waals surface area (Å²) in [7, 11) is 0. The van der Waals surface area contributed by atoms with Crippen LogP contribution in [-0.2, 0) is 9.59 Å². The summed E-state index contributed by atoms with van der Waals surface area (Å²) in [6.07, 6.45) is 6.28. The van der Waals surface area contributed by atoms with E-state index in [-0.39, 0.29) is 24.0 Å². The SMILES string of the molecule is O=C1CCC(C(=O)N2CCCC(Oc3ccncc3)C2)N1. The number of ether oxygens (including phenoxy) is 1. The third-order valence-electron chi connectivity index (χ3n) is 3.94. The molecule has 2 unspecified atom stereocenters. The van der Waals surface area contributed by atoms with E-state index in [1.165, 1.54) is 0 Å². The van der Waals surface area contributed by atoms with Gasteiger partial charge >= 0.3 is 0 Å². The molecule has 0 aromatic carbocycles. The number of aromatic nitrogens is 1. The number of amides is 2. The largest absolute Gasteiger partial charge is 0.488 e. The topological polar surface area (TPSA) is 71.5 Å². The Hall–Kier alpha value is -2.11. The number of carbonyl (C=O) groups excluding carboxylic acids is 2. The highest BCUT2D eigenvalue weighted by Crippen LogP contribution is 2.19. The molecule has 1 aromatic rings. The lowest BCUT2D eigenvalue weighted by molar-refractivity contribution is -0.136. The number of likely N-dealkylation sites (tertiary alicyclic amines) is 1. The lowest BCUT2D eigenvalue weighted by Crippen LogP contribution is -2.50. The van der Waals surface area contributed by atoms with Gasteiger partial charge in [-0.1, -0.05) is 0 Å². The Morgan fingerprint density at radius 3 is 2.86 bits per heavy atom. The second kappa shape index (κ2) is 6.11. The molecule has 0 radical (unpaired) electrons. The molecular weight excluding hydrogens is 270 g/mol. The molecule has 2 fully saturated rings. The predicted molar refractivity (Wildman–Crippen MR) is 75.6 cm³/mol. The molecule has 112 valence electrons. The Kier molecular flexibility index (Phi) is 4.03. The highest BCUT2D eigenvalue weighted by molar-refractivity contribution is 5.90. The number of nitrogens with one attached hydrogen (secondary N) is 1. The Morgan fingerprint density at radius 1 is 1.33 bits per heavy atom. The highest BCUT2D eigenvalue weighted by atomic mass is 16.5. The molecule has 6 heteroatoms. The zero-order valence-electron chi connectivity index (χ0n) is 11.8. The van der Waals surface area contributed by atoms with E-state index in [0.717, 1.165) is 25.1 Å². The minimum atomic E-state index is -0.350. The minimum Gasteiger partial charge on any atom is -0.488 e. The quantitative estimate of drug-likeness (QED) is 0.890. The first-order valence-corrected chi connectivity index (χ1v) is 7.37. The van der Waals surface area contributed by atoms with Crippen LogP contribution in [0.25, 0.3) is 0 Å². The van der Waals surface area contributed by atoms with Crippen molar-refractivity contribution in [3.63, 3.8) is 0 Å². The van der Waals surface area contributed by atoms with Gasteiger partial charge in [-0.25, -0.2) is 0 Å². The molecule has 0 bridgehead atoms. The molecule has 0 aliphatic carbocycles. The van der Waals surface area contributed by atoms with Crippen LogP contribution in [-0.4, -0.2) is 46.9 Å². The Morgan fingerprint density at radius 2 is 2.14 bits per heavy atom. The van der Waals surface area contributed by atoms with Crippen LogP contribution in [0.1, 0.15) is 25.7 Å². The van der Waals surface area contributed by atoms with E-state index >= 15 is 0 Å². The summed E-state index contributed by atoms with van der Waals surface area (Å²) in [5.74, 6) is 0.761. The smallest absolute Gasteiger partial charge is 0.245 e. The van der Waals surface area contributed by atoms with Crippen molar-refractivity contribution in [2.45, 2.75) is 37.8 Å². The number of nitrogens with zero attached hydrogens (tertiary/aromatic N) is 2. The molecule has 1 N–H and O–H groups in total. The average molecular weight is 289 g/mol. The van der Waals surface area contributed by atoms with E-state index in [1.807, 2.05) is 17.0 Å². The minimum absolute atomic E-state index is 0.00204. The van der Waals surface area contributed by atoms with Gasteiger partial charge in [0.15, 0.2) is 0 Å². The molecule has 21 heavy (non-hydrogen) atoms. The van der Waals surface area contributed by atoms with E-state index in [4.69, 9.17) is 4.74 Å². The van der Waals surface area contributed by atoms with E-state index in [9.17, 15) is 9.59 Å². The number of pyridine rings is 1. The van der Waals surface area contributed by atoms with Crippen LogP contribution in [0.5, 0.6) is 5.75 Å². The zero-order valence-corrected chi connectivity index (χ0v) is 11.8. The van der Waals surface area contributed by atoms with Crippen molar-refractivity contribution < 1.29 is 14.3 Å². The highest BCUT2D eigenvalue weighted by Gasteiger charge is 2.33. The molecule has 2 aliphatic rings. The second-order valence-corrected chi connectivity index (χ2v) is 5.51. The van der Waals surface area contributed by atoms with Gasteiger partial charge in [-0.05, 0) is 31.4 Å². The summed E-state index contributed by atoms with van der Waals surface area (Å²) in [5.41, 5.74) is 0. The maximum absolute atomic E-state index is 12.4. The van der Waals surface area contributed by atoms with Crippen LogP contribution in [0.4, 0.5) is 0 Å². The summed E-state index contributed by atoms with van der Waals surface area (Å²) >= 11 is 0. The molecule has 0 saturated carbocycles. The van der Waals surface area contributed by atoms with E-state index in [1.54, 1.807) is 12.4 Å². The van der Waals surface area contributed by atoms with Gasteiger partial charge in [0.05, 0.1) is 6.54 Å². The maximum Gasteiger partial charge on any atom is 0.245 e. The van der Waals surface area contributed by atoms with Gasteiger partial charge in [-0.3, -0.25) is 14.6 Å². The second-order valence-electron chi connectivity index (χ2n) is 5.51. The zero-order chi connectivity index (χ0) is 14.7. The van der Waals surface area contributed by atoms with Crippen LogP contribution in [0.15, 0.2) is 24.5 Å². The number of hydrogen-bond donors (Lipinski definition) is 1. The standard InChI is InChI=1S/C15H19N3O3/c19-14-4-3-13(17-14)15(20)18-9-1-2-12(10-18)21-11-5-7-16-8-6-11/h5-8,12-13H,1-4,9-10H2,(H,17,19). The first kappa shape index (κ1) is 13.9. The van der Waals surface area contributed by atoms with Crippen molar-refractivity contribution in [2.24, 2.45) is 0 Å². The lowest BCUT2D eigenvalue weighted by Gasteiger charge is -2.34. The molecule has 3 rings (SSSR count). The van der Waals surface area contributed by atoms with Crippen molar-refractivity contribution in [1.29, 1.82) is 0 Å². The Balaban J connectivity index is 1.58. The molecular formula is C15H19N3O3. The predicted octanol–water partition coefficient (Wildman–Crippen LogP) is 0.730. The first-order chi connectivity index (χ1) is 10.2. The van der Waals surface area contributed by atoms with Crippen molar-refractivity contribution in [3.8, 4) is 5.75 Å². The molecule has 2 aliphatic heterocycles. The third kappa shape index (κ3) is 3.32. The van der Waals surface area contributed by atoms with Crippen molar-refractivity contribution >= 4 is 11.8 Å². The van der Waals surface area contributed by atoms with Gasteiger partial charge in [0, 0.05) is 25.4 Å². The van der Waals surface area contributed by atoms with Crippen molar-refractivity contribution in [1.82, 2.24) is 15.2 Å². The van der Waals surface area contributed by atoms with Gasteiger partial charge < -0.3 is 15.0 Å². The van der Waals surface area contributed by atoms with Crippen LogP contribution in [0.3, 0.4) is 0 Å². The fourth-order valence-corrected chi connectivity index (χ4v) is 2.86. The molecule has 2 amide bonds. The monoisotopic (exact) mass is 289 g/mol. The lowest BCUT2D eigenvalue weighted by atomic mass is 10.1. The van der Waals surface area contributed by atoms with Crippen LogP contribution in [0.2, 0.25) is 0 Å². The Bertz CT molecular complexity index is 520. The number of carbonyl (C=O) groups is 2. The number of rotatable bonds is 3. The summed E-state index contributed by atoms with van der Waals surface area (Å²) in [6.45, 7) is 1.31. The van der Waals surface area contributed by atoms with Crippen LogP contribution < -0.4 is 10.1 Å². The summed E-state index contributed by atoms with van der Waals surface area (Å²) in [5, 5.41) is 2.74. The molecule has 2 saturated heterocycles. The Labute approximate surface area is 123 Å². The number of piperidine rings is 1. The number of hydrogen-bond acceptors (Lipinski definition) is 4. The molecule has 3 heterocycles. The van der Waals surface area contributed by atoms with Crippen LogP contribution in [0, 0.1) is 0 Å². The molecule has 6 nitrogen and oxygen atoms in total. The maximum atomic E-state index is 12.4. The summed E-state index contributed by atoms with van der Waals surface area (Å²) < 4.78 is 5.90. The normalized spacial score (nSPS) is 25.5. The fourth-order valence-electron chi connectivity index (χ4n) is 2.86. The van der Waals surface area contributed by atoms with Gasteiger partial charge in [0.1, 0.15) is 17.9 Å². The summed E-state index contributed by atoms with van der Waals surface area (Å²) in [4.78, 5) is 29.4. The van der Waals surface area contributed by atoms with Crippen molar-refractivity contribution in [3.05, 3.63) is 24.5 Å². The molecule has 2 atom stereocenters. The summed E-state index contributed by atoms with van der Waals surface area (Å²) in [6, 6.07) is 3.29. The van der Waals surface area contributed by atoms with Gasteiger partial charge in [-0.2, -0.15) is 0 Å². The van der Waals surface area contributed by atoms with Crippen LogP contribution >= 0.6 is 0 Å². The van der Waals surface area contributed by atoms with Gasteiger partial charge in [0.25, 0.3) is 0 Å². The van der Waals surface area contributed by atoms with E-state index < -0.39 is 0 Å². The molecule has 1 aromatic heterocycles. The van der Waals surface area contributed by atoms with E-state index in [2.05, 4.69) is 10.3 Å². The van der Waals surface area contributed by atoms with Crippen molar-refractivity contribution in [2.75, 3.05) is 13.1 Å². The van der Waals surface area contributed by atoms with Gasteiger partial charge in [-0.15, -0.1) is 0 Å². The first-order valence-electron chi connectivity index (χ1n) is 7.37. The molecule has 0 spiro atoms. The van der Waals surface area contributed by atoms with E-state index in [0.29, 0.717) is 19.4 Å². The van der Waals surface area contributed by atoms with Gasteiger partial charge in [0.2, 0.25) is 11.8 Å². The average Bonchev–Trinajstić information content (AvgIpc) is 2.94. The third-order valence-corrected chi connectivity index (χ3v) is 3.94. The fraction of sp³-hybridized carbons (Fsp3) is 0.533.